The Bertz CT molecular complexity index is 660. The zero-order valence-corrected chi connectivity index (χ0v) is 13.5. The molecule has 22 heavy (non-hydrogen) atoms. The normalized spacial score (nSPS) is 11.9. The minimum Gasteiger partial charge on any atom is -0.497 e. The van der Waals surface area contributed by atoms with E-state index >= 15 is 0 Å². The van der Waals surface area contributed by atoms with E-state index in [4.69, 9.17) is 9.47 Å². The number of aromatic amines is 1. The maximum absolute atomic E-state index is 12.5. The molecule has 1 atom stereocenters. The van der Waals surface area contributed by atoms with Gasteiger partial charge in [0, 0.05) is 17.3 Å². The van der Waals surface area contributed by atoms with E-state index in [2.05, 4.69) is 15.5 Å². The molecule has 0 aliphatic rings. The Morgan fingerprint density at radius 2 is 2.00 bits per heavy atom. The summed E-state index contributed by atoms with van der Waals surface area (Å²) in [6.45, 7) is 5.65. The lowest BCUT2D eigenvalue weighted by atomic mass is 9.98. The Labute approximate surface area is 129 Å². The van der Waals surface area contributed by atoms with Crippen molar-refractivity contribution in [1.29, 1.82) is 0 Å². The highest BCUT2D eigenvalue weighted by molar-refractivity contribution is 5.97. The summed E-state index contributed by atoms with van der Waals surface area (Å²) in [5, 5.41) is 9.93. The molecule has 6 heteroatoms. The maximum atomic E-state index is 12.5. The number of nitrogens with one attached hydrogen (secondary N) is 2. The lowest BCUT2D eigenvalue weighted by Crippen LogP contribution is -2.20. The van der Waals surface area contributed by atoms with Crippen molar-refractivity contribution >= 4 is 11.6 Å². The Hall–Kier alpha value is -2.50. The molecule has 6 nitrogen and oxygen atoms in total. The van der Waals surface area contributed by atoms with Crippen molar-refractivity contribution in [3.63, 3.8) is 0 Å². The molecule has 1 unspecified atom stereocenters. The third-order valence-electron chi connectivity index (χ3n) is 3.68. The molecule has 1 heterocycles. The van der Waals surface area contributed by atoms with Gasteiger partial charge in [-0.2, -0.15) is 5.10 Å². The van der Waals surface area contributed by atoms with Crippen LogP contribution in [0.4, 0.5) is 5.69 Å². The second kappa shape index (κ2) is 6.51. The number of aryl methyl sites for hydroxylation is 2. The number of hydrogen-bond donors (Lipinski definition) is 2. The first-order valence-electron chi connectivity index (χ1n) is 7.02. The van der Waals surface area contributed by atoms with Crippen LogP contribution < -0.4 is 14.8 Å². The molecule has 1 aromatic carbocycles. The highest BCUT2D eigenvalue weighted by Gasteiger charge is 2.22. The topological polar surface area (TPSA) is 76.2 Å². The van der Waals surface area contributed by atoms with Crippen LogP contribution >= 0.6 is 0 Å². The summed E-state index contributed by atoms with van der Waals surface area (Å²) in [5.41, 5.74) is 3.27. The molecule has 0 saturated carbocycles. The number of ether oxygens (including phenoxy) is 2. The van der Waals surface area contributed by atoms with Crippen molar-refractivity contribution in [2.24, 2.45) is 0 Å². The molecule has 2 N–H and O–H groups in total. The molecule has 0 aliphatic heterocycles. The molecule has 0 bridgehead atoms. The van der Waals surface area contributed by atoms with Crippen LogP contribution in [0.1, 0.15) is 29.8 Å². The number of amides is 1. The number of aromatic nitrogens is 2. The second-order valence-corrected chi connectivity index (χ2v) is 5.12. The molecule has 0 radical (unpaired) electrons. The predicted octanol–water partition coefficient (Wildman–Crippen LogP) is 2.79. The van der Waals surface area contributed by atoms with Gasteiger partial charge in [0.15, 0.2) is 0 Å². The zero-order chi connectivity index (χ0) is 16.3. The lowest BCUT2D eigenvalue weighted by molar-refractivity contribution is -0.117. The van der Waals surface area contributed by atoms with Crippen LogP contribution in [0.2, 0.25) is 0 Å². The van der Waals surface area contributed by atoms with Crippen molar-refractivity contribution in [3.05, 3.63) is 35.2 Å². The monoisotopic (exact) mass is 303 g/mol. The summed E-state index contributed by atoms with van der Waals surface area (Å²) in [6.07, 6.45) is 0. The van der Waals surface area contributed by atoms with Crippen LogP contribution in [0.3, 0.4) is 0 Å². The highest BCUT2D eigenvalue weighted by atomic mass is 16.5. The largest absolute Gasteiger partial charge is 0.497 e. The van der Waals surface area contributed by atoms with E-state index in [0.717, 1.165) is 17.0 Å². The second-order valence-electron chi connectivity index (χ2n) is 5.12. The van der Waals surface area contributed by atoms with Gasteiger partial charge in [-0.1, -0.05) is 0 Å². The Kier molecular flexibility index (Phi) is 4.70. The summed E-state index contributed by atoms with van der Waals surface area (Å²) in [5.74, 6) is 0.798. The third-order valence-corrected chi connectivity index (χ3v) is 3.68. The smallest absolute Gasteiger partial charge is 0.231 e. The van der Waals surface area contributed by atoms with Crippen LogP contribution in [0.5, 0.6) is 11.5 Å². The molecule has 0 saturated heterocycles. The minimum absolute atomic E-state index is 0.115. The van der Waals surface area contributed by atoms with Crippen molar-refractivity contribution in [2.75, 3.05) is 19.5 Å². The molecular weight excluding hydrogens is 282 g/mol. The molecule has 0 spiro atoms. The van der Waals surface area contributed by atoms with Gasteiger partial charge in [-0.3, -0.25) is 9.89 Å². The van der Waals surface area contributed by atoms with Gasteiger partial charge < -0.3 is 14.8 Å². The third kappa shape index (κ3) is 3.05. The number of H-pyrrole nitrogens is 1. The molecule has 2 aromatic rings. The average Bonchev–Trinajstić information content (AvgIpc) is 2.85. The minimum atomic E-state index is -0.314. The molecule has 0 fully saturated rings. The van der Waals surface area contributed by atoms with Crippen molar-refractivity contribution in [3.8, 4) is 11.5 Å². The van der Waals surface area contributed by atoms with Gasteiger partial charge in [0.2, 0.25) is 5.91 Å². The van der Waals surface area contributed by atoms with Gasteiger partial charge >= 0.3 is 0 Å². The fourth-order valence-corrected chi connectivity index (χ4v) is 2.47. The summed E-state index contributed by atoms with van der Waals surface area (Å²) in [6, 6.07) is 5.27. The Morgan fingerprint density at radius 1 is 1.27 bits per heavy atom. The SMILES string of the molecule is COc1ccc(NC(=O)C(C)c2c(C)n[nH]c2C)c(OC)c1. The molecule has 0 aliphatic carbocycles. The summed E-state index contributed by atoms with van der Waals surface area (Å²) >= 11 is 0. The lowest BCUT2D eigenvalue weighted by Gasteiger charge is -2.15. The summed E-state index contributed by atoms with van der Waals surface area (Å²) < 4.78 is 10.4. The zero-order valence-electron chi connectivity index (χ0n) is 13.5. The Balaban J connectivity index is 2.22. The van der Waals surface area contributed by atoms with Gasteiger partial charge in [-0.25, -0.2) is 0 Å². The molecule has 1 amide bonds. The first kappa shape index (κ1) is 15.9. The van der Waals surface area contributed by atoms with Crippen LogP contribution in [0.25, 0.3) is 0 Å². The molecule has 118 valence electrons. The standard InChI is InChI=1S/C16H21N3O3/c1-9(15-10(2)18-19-11(15)3)16(20)17-13-7-6-12(21-4)8-14(13)22-5/h6-9H,1-5H3,(H,17,20)(H,18,19). The van der Waals surface area contributed by atoms with Gasteiger partial charge in [0.05, 0.1) is 31.5 Å². The van der Waals surface area contributed by atoms with E-state index in [1.165, 1.54) is 0 Å². The quantitative estimate of drug-likeness (QED) is 0.890. The average molecular weight is 303 g/mol. The van der Waals surface area contributed by atoms with Crippen LogP contribution in [0, 0.1) is 13.8 Å². The van der Waals surface area contributed by atoms with Crippen LogP contribution in [-0.4, -0.2) is 30.3 Å². The Morgan fingerprint density at radius 3 is 2.55 bits per heavy atom. The fourth-order valence-electron chi connectivity index (χ4n) is 2.47. The highest BCUT2D eigenvalue weighted by Crippen LogP contribution is 2.30. The van der Waals surface area contributed by atoms with E-state index in [-0.39, 0.29) is 11.8 Å². The number of hydrogen-bond acceptors (Lipinski definition) is 4. The van der Waals surface area contributed by atoms with E-state index in [1.807, 2.05) is 20.8 Å². The number of nitrogens with zero attached hydrogens (tertiary/aromatic N) is 1. The number of rotatable bonds is 5. The molecular formula is C16H21N3O3. The first-order valence-corrected chi connectivity index (χ1v) is 7.02. The number of carbonyl (C=O) groups excluding carboxylic acids is 1. The molecule has 1 aromatic heterocycles. The number of methoxy groups -OCH3 is 2. The van der Waals surface area contributed by atoms with Gasteiger partial charge in [0.1, 0.15) is 11.5 Å². The fraction of sp³-hybridized carbons (Fsp3) is 0.375. The molecule has 2 rings (SSSR count). The number of carbonyl (C=O) groups is 1. The van der Waals surface area contributed by atoms with Crippen LogP contribution in [-0.2, 0) is 4.79 Å². The van der Waals surface area contributed by atoms with Crippen molar-refractivity contribution < 1.29 is 14.3 Å². The first-order chi connectivity index (χ1) is 10.5. The van der Waals surface area contributed by atoms with Gasteiger partial charge in [0.25, 0.3) is 0 Å². The summed E-state index contributed by atoms with van der Waals surface area (Å²) in [7, 11) is 3.14. The van der Waals surface area contributed by atoms with E-state index in [1.54, 1.807) is 32.4 Å². The van der Waals surface area contributed by atoms with Crippen LogP contribution in [0.15, 0.2) is 18.2 Å². The van der Waals surface area contributed by atoms with Gasteiger partial charge in [-0.05, 0) is 32.9 Å². The van der Waals surface area contributed by atoms with E-state index < -0.39 is 0 Å². The number of anilines is 1. The van der Waals surface area contributed by atoms with Crippen molar-refractivity contribution in [1.82, 2.24) is 10.2 Å². The van der Waals surface area contributed by atoms with Gasteiger partial charge in [-0.15, -0.1) is 0 Å². The number of benzene rings is 1. The predicted molar refractivity (Wildman–Crippen MR) is 84.7 cm³/mol. The van der Waals surface area contributed by atoms with Crippen molar-refractivity contribution in [2.45, 2.75) is 26.7 Å². The van der Waals surface area contributed by atoms with E-state index in [9.17, 15) is 4.79 Å². The maximum Gasteiger partial charge on any atom is 0.231 e. The summed E-state index contributed by atoms with van der Waals surface area (Å²) in [4.78, 5) is 12.5. The van der Waals surface area contributed by atoms with E-state index in [0.29, 0.717) is 17.2 Å².